The number of pyridine rings is 1. The second-order valence-corrected chi connectivity index (χ2v) is 6.70. The van der Waals surface area contributed by atoms with E-state index in [4.69, 9.17) is 5.73 Å². The molecule has 1 saturated carbocycles. The van der Waals surface area contributed by atoms with Crippen LogP contribution in [0.25, 0.3) is 0 Å². The van der Waals surface area contributed by atoms with Gasteiger partial charge in [-0.2, -0.15) is 0 Å². The maximum atomic E-state index is 6.56. The second kappa shape index (κ2) is 6.16. The summed E-state index contributed by atoms with van der Waals surface area (Å²) in [6.07, 6.45) is 12.3. The number of rotatable bonds is 4. The summed E-state index contributed by atoms with van der Waals surface area (Å²) in [5.41, 5.74) is 7.80. The molecule has 0 aromatic carbocycles. The maximum absolute atomic E-state index is 6.56. The van der Waals surface area contributed by atoms with Gasteiger partial charge in [-0.25, -0.2) is 0 Å². The fraction of sp³-hybridized carbons (Fsp3) is 0.667. The zero-order chi connectivity index (χ0) is 13.0. The van der Waals surface area contributed by atoms with Crippen LogP contribution in [0.5, 0.6) is 0 Å². The number of nitrogens with two attached hydrogens (primary N) is 1. The Bertz CT molecular complexity index is 384. The van der Waals surface area contributed by atoms with Crippen molar-refractivity contribution in [2.45, 2.75) is 57.4 Å². The topological polar surface area (TPSA) is 38.9 Å². The van der Waals surface area contributed by atoms with Crippen molar-refractivity contribution in [2.75, 3.05) is 0 Å². The Labute approximate surface area is 119 Å². The van der Waals surface area contributed by atoms with Gasteiger partial charge in [-0.15, -0.1) is 0 Å². The first-order valence-electron chi connectivity index (χ1n) is 6.99. The predicted molar refractivity (Wildman–Crippen MR) is 79.4 cm³/mol. The molecule has 1 aromatic rings. The summed E-state index contributed by atoms with van der Waals surface area (Å²) in [7, 11) is 0. The van der Waals surface area contributed by atoms with Crippen molar-refractivity contribution in [3.63, 3.8) is 0 Å². The van der Waals surface area contributed by atoms with Gasteiger partial charge >= 0.3 is 0 Å². The summed E-state index contributed by atoms with van der Waals surface area (Å²) < 4.78 is 1.04. The molecule has 2 rings (SSSR count). The van der Waals surface area contributed by atoms with Gasteiger partial charge in [0.15, 0.2) is 0 Å². The number of aromatic nitrogens is 1. The number of nitrogens with zero attached hydrogens (tertiary/aromatic N) is 1. The van der Waals surface area contributed by atoms with Gasteiger partial charge in [0.1, 0.15) is 0 Å². The smallest absolute Gasteiger partial charge is 0.0410 e. The van der Waals surface area contributed by atoms with Gasteiger partial charge in [0.25, 0.3) is 0 Å². The molecule has 1 aliphatic rings. The van der Waals surface area contributed by atoms with Crippen molar-refractivity contribution in [2.24, 2.45) is 11.7 Å². The average Bonchev–Trinajstić information content (AvgIpc) is 2.32. The Hall–Kier alpha value is -0.410. The molecular weight excluding hydrogens is 288 g/mol. The molecule has 1 aromatic heterocycles. The molecule has 0 bridgehead atoms. The first kappa shape index (κ1) is 14.0. The highest BCUT2D eigenvalue weighted by molar-refractivity contribution is 9.10. The van der Waals surface area contributed by atoms with Crippen LogP contribution in [0.15, 0.2) is 22.9 Å². The summed E-state index contributed by atoms with van der Waals surface area (Å²) >= 11 is 3.47. The average molecular weight is 311 g/mol. The summed E-state index contributed by atoms with van der Waals surface area (Å²) in [4.78, 5) is 4.22. The van der Waals surface area contributed by atoms with Crippen LogP contribution in [-0.2, 0) is 6.42 Å². The van der Waals surface area contributed by atoms with Crippen molar-refractivity contribution in [3.8, 4) is 0 Å². The highest BCUT2D eigenvalue weighted by atomic mass is 79.9. The van der Waals surface area contributed by atoms with E-state index in [0.29, 0.717) is 0 Å². The lowest BCUT2D eigenvalue weighted by molar-refractivity contribution is 0.223. The number of halogens is 1. The molecule has 2 N–H and O–H groups in total. The van der Waals surface area contributed by atoms with Crippen molar-refractivity contribution in [3.05, 3.63) is 28.5 Å². The van der Waals surface area contributed by atoms with Crippen LogP contribution in [0.4, 0.5) is 0 Å². The molecule has 3 heteroatoms. The molecule has 100 valence electrons. The third kappa shape index (κ3) is 3.79. The molecule has 0 saturated heterocycles. The van der Waals surface area contributed by atoms with E-state index in [-0.39, 0.29) is 5.54 Å². The highest BCUT2D eigenvalue weighted by Crippen LogP contribution is 2.35. The van der Waals surface area contributed by atoms with Crippen LogP contribution in [-0.4, -0.2) is 10.5 Å². The fourth-order valence-corrected chi connectivity index (χ4v) is 3.50. The molecule has 0 atom stereocenters. The molecule has 0 unspecified atom stereocenters. The molecule has 0 radical (unpaired) electrons. The second-order valence-electron chi connectivity index (χ2n) is 5.78. The molecule has 1 heterocycles. The van der Waals surface area contributed by atoms with Crippen LogP contribution in [0.2, 0.25) is 0 Å². The van der Waals surface area contributed by atoms with Crippen molar-refractivity contribution >= 4 is 15.9 Å². The molecular formula is C15H23BrN2. The van der Waals surface area contributed by atoms with E-state index in [1.54, 1.807) is 0 Å². The molecule has 1 aliphatic carbocycles. The highest BCUT2D eigenvalue weighted by Gasteiger charge is 2.31. The van der Waals surface area contributed by atoms with Crippen LogP contribution in [0.3, 0.4) is 0 Å². The molecule has 2 nitrogen and oxygen atoms in total. The van der Waals surface area contributed by atoms with Gasteiger partial charge in [-0.1, -0.05) is 19.8 Å². The van der Waals surface area contributed by atoms with Crippen LogP contribution < -0.4 is 5.73 Å². The Morgan fingerprint density at radius 1 is 1.39 bits per heavy atom. The van der Waals surface area contributed by atoms with Crippen molar-refractivity contribution in [1.82, 2.24) is 4.98 Å². The molecule has 0 aliphatic heterocycles. The number of hydrogen-bond acceptors (Lipinski definition) is 2. The van der Waals surface area contributed by atoms with E-state index in [0.717, 1.165) is 29.7 Å². The lowest BCUT2D eigenvalue weighted by Crippen LogP contribution is -2.45. The Morgan fingerprint density at radius 3 is 2.72 bits per heavy atom. The van der Waals surface area contributed by atoms with Crippen LogP contribution in [0.1, 0.15) is 51.0 Å². The first-order valence-corrected chi connectivity index (χ1v) is 7.79. The summed E-state index contributed by atoms with van der Waals surface area (Å²) in [5.74, 6) is 0.910. The summed E-state index contributed by atoms with van der Waals surface area (Å²) in [6.45, 7) is 2.28. The minimum Gasteiger partial charge on any atom is -0.325 e. The minimum absolute atomic E-state index is 0.00723. The third-order valence-electron chi connectivity index (χ3n) is 4.12. The van der Waals surface area contributed by atoms with Gasteiger partial charge in [0.05, 0.1) is 0 Å². The van der Waals surface area contributed by atoms with E-state index in [2.05, 4.69) is 33.9 Å². The fourth-order valence-electron chi connectivity index (χ4n) is 3.09. The lowest BCUT2D eigenvalue weighted by atomic mass is 9.73. The minimum atomic E-state index is -0.00723. The SMILES string of the molecule is CCCC1CCC(N)(Cc2cncc(Br)c2)CC1. The lowest BCUT2D eigenvalue weighted by Gasteiger charge is -2.37. The van der Waals surface area contributed by atoms with Gasteiger partial charge in [0, 0.05) is 22.4 Å². The van der Waals surface area contributed by atoms with Gasteiger partial charge in [0.2, 0.25) is 0 Å². The van der Waals surface area contributed by atoms with E-state index < -0.39 is 0 Å². The molecule has 18 heavy (non-hydrogen) atoms. The van der Waals surface area contributed by atoms with Gasteiger partial charge in [-0.05, 0) is 65.6 Å². The van der Waals surface area contributed by atoms with Crippen LogP contribution in [0, 0.1) is 5.92 Å². The Balaban J connectivity index is 1.93. The van der Waals surface area contributed by atoms with Crippen molar-refractivity contribution in [1.29, 1.82) is 0 Å². The standard InChI is InChI=1S/C15H23BrN2/c1-2-3-12-4-6-15(17,7-5-12)9-13-8-14(16)11-18-10-13/h8,10-12H,2-7,9,17H2,1H3. The Morgan fingerprint density at radius 2 is 2.11 bits per heavy atom. The van der Waals surface area contributed by atoms with E-state index in [1.807, 2.05) is 12.4 Å². The maximum Gasteiger partial charge on any atom is 0.0410 e. The monoisotopic (exact) mass is 310 g/mol. The third-order valence-corrected chi connectivity index (χ3v) is 4.55. The van der Waals surface area contributed by atoms with Gasteiger partial charge < -0.3 is 5.73 Å². The summed E-state index contributed by atoms with van der Waals surface area (Å²) in [5, 5.41) is 0. The van der Waals surface area contributed by atoms with Crippen molar-refractivity contribution < 1.29 is 0 Å². The Kier molecular flexibility index (Phi) is 4.79. The van der Waals surface area contributed by atoms with Crippen LogP contribution >= 0.6 is 15.9 Å². The van der Waals surface area contributed by atoms with E-state index in [9.17, 15) is 0 Å². The zero-order valence-electron chi connectivity index (χ0n) is 11.2. The largest absolute Gasteiger partial charge is 0.325 e. The molecule has 0 spiro atoms. The normalized spacial score (nSPS) is 28.3. The zero-order valence-corrected chi connectivity index (χ0v) is 12.7. The van der Waals surface area contributed by atoms with E-state index in [1.165, 1.54) is 31.2 Å². The molecule has 1 fully saturated rings. The first-order chi connectivity index (χ1) is 8.61. The number of hydrogen-bond donors (Lipinski definition) is 1. The summed E-state index contributed by atoms with van der Waals surface area (Å²) in [6, 6.07) is 2.14. The van der Waals surface area contributed by atoms with Gasteiger partial charge in [-0.3, -0.25) is 4.98 Å². The van der Waals surface area contributed by atoms with E-state index >= 15 is 0 Å². The predicted octanol–water partition coefficient (Wildman–Crippen LogP) is 4.07. The quantitative estimate of drug-likeness (QED) is 0.910. The molecule has 0 amide bonds.